The lowest BCUT2D eigenvalue weighted by molar-refractivity contribution is -0.384. The maximum absolute atomic E-state index is 14.5. The van der Waals surface area contributed by atoms with Crippen LogP contribution in [0.15, 0.2) is 77.8 Å². The zero-order chi connectivity index (χ0) is 46.3. The first kappa shape index (κ1) is 43.3. The average molecular weight is 944 g/mol. The van der Waals surface area contributed by atoms with Gasteiger partial charge >= 0.3 is 0 Å². The molecule has 68 heavy (non-hydrogen) atoms. The number of H-pyrrole nitrogens is 1. The molecule has 0 radical (unpaired) electrons. The van der Waals surface area contributed by atoms with E-state index in [4.69, 9.17) is 19.2 Å². The van der Waals surface area contributed by atoms with Crippen LogP contribution in [-0.2, 0) is 14.8 Å². The van der Waals surface area contributed by atoms with Crippen LogP contribution >= 0.6 is 0 Å². The van der Waals surface area contributed by atoms with Crippen molar-refractivity contribution in [1.82, 2.24) is 24.5 Å². The van der Waals surface area contributed by atoms with E-state index in [1.165, 1.54) is 42.9 Å². The average Bonchev–Trinajstić information content (AvgIpc) is 4.15. The van der Waals surface area contributed by atoms with Crippen molar-refractivity contribution < 1.29 is 32.3 Å². The van der Waals surface area contributed by atoms with Crippen LogP contribution in [0.1, 0.15) is 78.9 Å². The van der Waals surface area contributed by atoms with Gasteiger partial charge in [0, 0.05) is 80.3 Å². The molecule has 8 heterocycles. The lowest BCUT2D eigenvalue weighted by Gasteiger charge is -2.56. The Kier molecular flexibility index (Phi) is 10.8. The van der Waals surface area contributed by atoms with E-state index in [2.05, 4.69) is 60.9 Å². The second-order valence-corrected chi connectivity index (χ2v) is 21.7. The summed E-state index contributed by atoms with van der Waals surface area (Å²) < 4.78 is 48.6. The highest BCUT2D eigenvalue weighted by molar-refractivity contribution is 7.90. The van der Waals surface area contributed by atoms with Crippen molar-refractivity contribution >= 4 is 55.4 Å². The lowest BCUT2D eigenvalue weighted by Crippen LogP contribution is -2.54. The molecule has 4 saturated heterocycles. The van der Waals surface area contributed by atoms with Crippen LogP contribution in [0.4, 0.5) is 28.4 Å². The molecular formula is C50H57N9O8S. The Hall–Kier alpha value is -5.95. The number of likely N-dealkylation sites (tertiary alicyclic amines) is 2. The molecular weight excluding hydrogens is 887 g/mol. The number of carbonyl (C=O) groups is 1. The predicted octanol–water partition coefficient (Wildman–Crippen LogP) is 7.05. The molecule has 1 amide bonds. The minimum atomic E-state index is -4.65. The molecule has 0 unspecified atom stereocenters. The quantitative estimate of drug-likeness (QED) is 0.0955. The number of amides is 1. The summed E-state index contributed by atoms with van der Waals surface area (Å²) in [6.07, 6.45) is 10.6. The Balaban J connectivity index is 0.804. The smallest absolute Gasteiger partial charge is 0.297 e. The number of aromatic amines is 1. The number of ether oxygens (including phenoxy) is 3. The molecule has 5 aromatic rings. The number of nitro benzene ring substituents is 1. The Labute approximate surface area is 395 Å². The standard InChI is InChI=1S/C50H57N9O8S/c1-31-6-2-3-7-39(31)41-8-4-15-57(41)36-25-50(26-36)12-17-55(18-13-50)34-9-10-40(42(22-34)58-16-5-19-65-49-44(58)20-32-11-14-51-47(32)53-49)48(60)54-68(63,64)38-23-43(59(61)62)46-45(24-38)67-29-33(52-46)27-56-28-37-21-35(56)30-66-37/h2-3,6-7,9-11,14,20,22-24,33,35-37,41,52H,4-5,8,12-13,15-19,21,25-30H2,1H3,(H,51,53)(H,54,60)/t33-,35+,37+,41-/m0/s1. The number of fused-ring (bicyclic) bond motifs is 5. The van der Waals surface area contributed by atoms with Crippen LogP contribution in [-0.4, -0.2) is 122 Å². The maximum Gasteiger partial charge on any atom is 0.297 e. The van der Waals surface area contributed by atoms with Gasteiger partial charge in [0.2, 0.25) is 5.88 Å². The van der Waals surface area contributed by atoms with Gasteiger partial charge in [0.05, 0.1) is 46.4 Å². The van der Waals surface area contributed by atoms with Gasteiger partial charge in [0.25, 0.3) is 21.6 Å². The van der Waals surface area contributed by atoms with Crippen molar-refractivity contribution in [2.45, 2.75) is 93.5 Å². The molecule has 18 heteroatoms. The number of benzene rings is 3. The summed E-state index contributed by atoms with van der Waals surface area (Å²) in [4.78, 5) is 43.3. The summed E-state index contributed by atoms with van der Waals surface area (Å²) in [5.41, 5.74) is 5.70. The van der Waals surface area contributed by atoms with Crippen LogP contribution < -0.4 is 29.3 Å². The molecule has 12 rings (SSSR count). The van der Waals surface area contributed by atoms with E-state index in [0.717, 1.165) is 62.6 Å². The third-order valence-electron chi connectivity index (χ3n) is 15.9. The lowest BCUT2D eigenvalue weighted by atomic mass is 9.59. The highest BCUT2D eigenvalue weighted by Crippen LogP contribution is 2.54. The van der Waals surface area contributed by atoms with Gasteiger partial charge in [-0.05, 0) is 112 Å². The summed E-state index contributed by atoms with van der Waals surface area (Å²) in [6, 6.07) is 21.7. The van der Waals surface area contributed by atoms with Crippen molar-refractivity contribution in [2.75, 3.05) is 74.2 Å². The number of sulfonamides is 1. The van der Waals surface area contributed by atoms with E-state index in [-0.39, 0.29) is 35.8 Å². The van der Waals surface area contributed by atoms with Crippen molar-refractivity contribution in [3.05, 3.63) is 99.7 Å². The van der Waals surface area contributed by atoms with Crippen molar-refractivity contribution in [3.8, 4) is 11.6 Å². The first-order valence-corrected chi connectivity index (χ1v) is 25.7. The minimum absolute atomic E-state index is 0.0348. The molecule has 356 valence electrons. The minimum Gasteiger partial charge on any atom is -0.489 e. The molecule has 5 fully saturated rings. The van der Waals surface area contributed by atoms with Crippen LogP contribution in [0, 0.1) is 22.5 Å². The Morgan fingerprint density at radius 2 is 1.82 bits per heavy atom. The summed E-state index contributed by atoms with van der Waals surface area (Å²) in [7, 11) is -4.65. The highest BCUT2D eigenvalue weighted by atomic mass is 32.2. The molecule has 2 bridgehead atoms. The topological polar surface area (TPSA) is 188 Å². The number of pyridine rings is 1. The number of aromatic nitrogens is 2. The van der Waals surface area contributed by atoms with Gasteiger partial charge in [-0.25, -0.2) is 13.1 Å². The number of aryl methyl sites for hydroxylation is 1. The van der Waals surface area contributed by atoms with E-state index in [1.807, 2.05) is 35.4 Å². The fourth-order valence-corrected chi connectivity index (χ4v) is 13.4. The predicted molar refractivity (Wildman–Crippen MR) is 257 cm³/mol. The molecule has 1 saturated carbocycles. The summed E-state index contributed by atoms with van der Waals surface area (Å²) in [6.45, 7) is 8.23. The molecule has 1 aliphatic carbocycles. The van der Waals surface area contributed by atoms with E-state index in [0.29, 0.717) is 79.2 Å². The number of piperidine rings is 1. The second kappa shape index (κ2) is 16.9. The zero-order valence-electron chi connectivity index (χ0n) is 38.2. The van der Waals surface area contributed by atoms with Gasteiger partial charge in [-0.3, -0.25) is 24.7 Å². The third kappa shape index (κ3) is 7.78. The Morgan fingerprint density at radius 1 is 0.971 bits per heavy atom. The summed E-state index contributed by atoms with van der Waals surface area (Å²) in [5, 5.41) is 16.6. The van der Waals surface area contributed by atoms with Gasteiger partial charge in [-0.1, -0.05) is 24.3 Å². The molecule has 7 aliphatic rings. The van der Waals surface area contributed by atoms with Crippen molar-refractivity contribution in [2.24, 2.45) is 5.41 Å². The van der Waals surface area contributed by atoms with Crippen molar-refractivity contribution in [3.63, 3.8) is 0 Å². The first-order chi connectivity index (χ1) is 33.0. The highest BCUT2D eigenvalue weighted by Gasteiger charge is 2.50. The first-order valence-electron chi connectivity index (χ1n) is 24.2. The number of hydrogen-bond donors (Lipinski definition) is 3. The number of morpholine rings is 1. The number of rotatable bonds is 10. The molecule has 2 aromatic heterocycles. The number of hydrogen-bond acceptors (Lipinski definition) is 14. The molecule has 6 aliphatic heterocycles. The number of nitro groups is 1. The van der Waals surface area contributed by atoms with Crippen LogP contribution in [0.5, 0.6) is 11.6 Å². The number of nitrogens with zero attached hydrogens (tertiary/aromatic N) is 6. The van der Waals surface area contributed by atoms with E-state index < -0.39 is 31.4 Å². The van der Waals surface area contributed by atoms with E-state index in [9.17, 15) is 23.3 Å². The number of anilines is 4. The number of nitrogens with one attached hydrogen (secondary N) is 3. The largest absolute Gasteiger partial charge is 0.489 e. The van der Waals surface area contributed by atoms with Crippen LogP contribution in [0.2, 0.25) is 0 Å². The molecule has 1 spiro atoms. The van der Waals surface area contributed by atoms with Gasteiger partial charge in [-0.15, -0.1) is 0 Å². The monoisotopic (exact) mass is 943 g/mol. The molecule has 3 aromatic carbocycles. The van der Waals surface area contributed by atoms with Crippen molar-refractivity contribution in [1.29, 1.82) is 0 Å². The van der Waals surface area contributed by atoms with E-state index >= 15 is 0 Å². The second-order valence-electron chi connectivity index (χ2n) is 20.0. The fourth-order valence-electron chi connectivity index (χ4n) is 12.4. The zero-order valence-corrected chi connectivity index (χ0v) is 39.0. The Bertz CT molecular complexity index is 2910. The molecule has 4 atom stereocenters. The SMILES string of the molecule is Cc1ccccc1[C@@H]1CCCN1C1CC2(CCN(c3ccc(C(=O)NS(=O)(=O)c4cc5c(c([N+](=O)[O-])c4)N[C@@H](CN4C[C@H]6C[C@@H]4CO6)CO5)c(N4CCCOc5nc6[nH]ccc6cc54)c3)CC2)C1. The third-order valence-corrected chi connectivity index (χ3v) is 17.2. The molecule has 3 N–H and O–H groups in total. The van der Waals surface area contributed by atoms with Gasteiger partial charge < -0.3 is 34.3 Å². The summed E-state index contributed by atoms with van der Waals surface area (Å²) >= 11 is 0. The summed E-state index contributed by atoms with van der Waals surface area (Å²) in [5.74, 6) is -0.434. The normalized spacial score (nSPS) is 24.7. The van der Waals surface area contributed by atoms with Gasteiger partial charge in [0.1, 0.15) is 17.9 Å². The van der Waals surface area contributed by atoms with Crippen LogP contribution in [0.25, 0.3) is 11.0 Å². The van der Waals surface area contributed by atoms with Gasteiger partial charge in [0.15, 0.2) is 11.4 Å². The Morgan fingerprint density at radius 3 is 2.62 bits per heavy atom. The fraction of sp³-hybridized carbons (Fsp3) is 0.480. The number of carbonyl (C=O) groups excluding carboxylic acids is 1. The molecule has 17 nitrogen and oxygen atoms in total. The van der Waals surface area contributed by atoms with Gasteiger partial charge in [-0.2, -0.15) is 4.98 Å². The maximum atomic E-state index is 14.5. The van der Waals surface area contributed by atoms with E-state index in [1.54, 1.807) is 6.07 Å². The van der Waals surface area contributed by atoms with Crippen LogP contribution in [0.3, 0.4) is 0 Å².